The Kier molecular flexibility index (Phi) is 3310. The summed E-state index contributed by atoms with van der Waals surface area (Å²) in [5, 5.41) is 172. The van der Waals surface area contributed by atoms with Crippen molar-refractivity contribution >= 4 is 88.1 Å². The van der Waals surface area contributed by atoms with E-state index in [0.717, 1.165) is 0 Å². The summed E-state index contributed by atoms with van der Waals surface area (Å²) >= 11 is 0. The van der Waals surface area contributed by atoms with Gasteiger partial charge in [-0.3, -0.25) is 0 Å². The molecule has 0 spiro atoms. The van der Waals surface area contributed by atoms with Crippen LogP contribution in [-0.4, -0.2) is 384 Å². The monoisotopic (exact) mass is 1100 g/mol. The molecule has 0 aliphatic carbocycles. The number of hydrogen-bond acceptors (Lipinski definition) is 24. The SMILES string of the molecule is O.O.O.O.O.O.O.O.O.O.O.O.O.O.O.O.O.O.O.O.O.O.O.O.O.O.O.O.O.O.O.O.OB(O)O.OB(O)O.OB(O)O.OB(O)O.OB(O)O.OB(O)O.OB(O)O.OB(O)O.[Na]. The Bertz CT molecular complexity index is 152. The van der Waals surface area contributed by atoms with Gasteiger partial charge in [-0.25, -0.2) is 0 Å². The predicted molar refractivity (Wildman–Crippen MR) is 221 cm³/mol. The summed E-state index contributed by atoms with van der Waals surface area (Å²) in [5.74, 6) is 0. The molecule has 1 radical (unpaired) electrons. The molecular weight excluding hydrogens is 1010 g/mol. The van der Waals surface area contributed by atoms with Crippen molar-refractivity contribution in [2.45, 2.75) is 0 Å². The van der Waals surface area contributed by atoms with E-state index in [2.05, 4.69) is 0 Å². The van der Waals surface area contributed by atoms with E-state index in [9.17, 15) is 0 Å². The molecule has 0 saturated heterocycles. The van der Waals surface area contributed by atoms with Crippen LogP contribution in [0.4, 0.5) is 0 Å². The first kappa shape index (κ1) is 475. The normalized spacial score (nSPS) is 3.32. The van der Waals surface area contributed by atoms with E-state index in [1.54, 1.807) is 0 Å². The first-order chi connectivity index (χ1) is 13.9. The second-order valence-corrected chi connectivity index (χ2v) is 2.77. The van der Waals surface area contributed by atoms with Crippen LogP contribution in [0.1, 0.15) is 0 Å². The molecular formula is H88B8NaO56. The van der Waals surface area contributed by atoms with Crippen LogP contribution in [0.3, 0.4) is 0 Å². The second-order valence-electron chi connectivity index (χ2n) is 2.77. The summed E-state index contributed by atoms with van der Waals surface area (Å²) in [4.78, 5) is 0. The van der Waals surface area contributed by atoms with Gasteiger partial charge in [0, 0.05) is 29.6 Å². The van der Waals surface area contributed by atoms with Crippen molar-refractivity contribution in [2.24, 2.45) is 0 Å². The van der Waals surface area contributed by atoms with Gasteiger partial charge in [-0.05, 0) is 0 Å². The third-order valence-electron chi connectivity index (χ3n) is 0. The Morgan fingerprint density at radius 3 is 0.0923 bits per heavy atom. The maximum absolute atomic E-state index is 7.17. The van der Waals surface area contributed by atoms with Gasteiger partial charge in [0.15, 0.2) is 0 Å². The molecule has 0 aromatic carbocycles. The van der Waals surface area contributed by atoms with Crippen molar-refractivity contribution in [1.29, 1.82) is 0 Å². The van der Waals surface area contributed by atoms with Gasteiger partial charge < -0.3 is 296 Å². The van der Waals surface area contributed by atoms with Crippen LogP contribution in [0.15, 0.2) is 0 Å². The Balaban J connectivity index is -0.00000000242. The second kappa shape index (κ2) is 453. The maximum Gasteiger partial charge on any atom is 0.631 e. The Labute approximate surface area is 384 Å². The van der Waals surface area contributed by atoms with Crippen LogP contribution in [0.5, 0.6) is 0 Å². The summed E-state index contributed by atoms with van der Waals surface area (Å²) in [7, 11) is -17.3. The van der Waals surface area contributed by atoms with Crippen LogP contribution < -0.4 is 0 Å². The first-order valence-electron chi connectivity index (χ1n) is 6.20. The quantitative estimate of drug-likeness (QED) is 0.100. The summed E-state index contributed by atoms with van der Waals surface area (Å²) in [6, 6.07) is 0. The van der Waals surface area contributed by atoms with E-state index in [-0.39, 0.29) is 205 Å². The zero-order valence-corrected chi connectivity index (χ0v) is 34.4. The van der Waals surface area contributed by atoms with Gasteiger partial charge >= 0.3 is 58.6 Å². The average Bonchev–Trinajstić information content (AvgIpc) is 2.30. The summed E-state index contributed by atoms with van der Waals surface area (Å²) in [6.07, 6.45) is 0. The third kappa shape index (κ3) is 458000. The largest absolute Gasteiger partial charge is 0.631 e. The molecule has 0 fully saturated rings. The third-order valence-corrected chi connectivity index (χ3v) is 0. The fourth-order valence-electron chi connectivity index (χ4n) is 0. The van der Waals surface area contributed by atoms with Crippen LogP contribution in [-0.2, 0) is 0 Å². The summed E-state index contributed by atoms with van der Waals surface area (Å²) < 4.78 is 0. The first-order valence-corrected chi connectivity index (χ1v) is 6.20. The summed E-state index contributed by atoms with van der Waals surface area (Å²) in [6.45, 7) is 0. The van der Waals surface area contributed by atoms with E-state index in [1.165, 1.54) is 0 Å². The van der Waals surface area contributed by atoms with Crippen LogP contribution >= 0.6 is 0 Å². The van der Waals surface area contributed by atoms with Gasteiger partial charge in [-0.2, -0.15) is 0 Å². The molecule has 65 heteroatoms. The Hall–Kier alpha value is -0.721. The zero-order chi connectivity index (χ0) is 28.6. The van der Waals surface area contributed by atoms with Crippen molar-refractivity contribution in [1.82, 2.24) is 0 Å². The molecule has 0 aliphatic rings. The van der Waals surface area contributed by atoms with Crippen LogP contribution in [0.25, 0.3) is 0 Å². The topological polar surface area (TPSA) is 1490 Å². The van der Waals surface area contributed by atoms with Gasteiger partial charge in [-0.15, -0.1) is 0 Å². The maximum atomic E-state index is 7.17. The number of rotatable bonds is 0. The van der Waals surface area contributed by atoms with Crippen molar-refractivity contribution in [3.05, 3.63) is 0 Å². The van der Waals surface area contributed by atoms with Gasteiger partial charge in [0.05, 0.1) is 0 Å². The van der Waals surface area contributed by atoms with E-state index < -0.39 is 58.6 Å². The molecule has 0 rings (SSSR count). The van der Waals surface area contributed by atoms with Gasteiger partial charge in [0.2, 0.25) is 0 Å². The molecule has 88 N–H and O–H groups in total. The standard InChI is InChI=1S/8BH3O3.Na.32H2O/c8*2-1(3)4;;;;;;;;;;;;;;;;;;;;;;;;;;;;;;;;;/h8*2-4H;;32*1H2. The molecule has 0 bridgehead atoms. The van der Waals surface area contributed by atoms with Crippen molar-refractivity contribution in [3.8, 4) is 0 Å². The molecule has 0 aromatic rings. The van der Waals surface area contributed by atoms with E-state index in [1.807, 2.05) is 0 Å². The summed E-state index contributed by atoms with van der Waals surface area (Å²) in [5.41, 5.74) is 0. The van der Waals surface area contributed by atoms with Crippen molar-refractivity contribution < 1.29 is 296 Å². The minimum Gasteiger partial charge on any atom is -0.412 e. The minimum atomic E-state index is -2.17. The fraction of sp³-hybridized carbons (Fsp3) is 0. The van der Waals surface area contributed by atoms with E-state index in [4.69, 9.17) is 121 Å². The molecule has 0 unspecified atom stereocenters. The number of hydrogen-bond donors (Lipinski definition) is 24. The van der Waals surface area contributed by atoms with Gasteiger partial charge in [0.1, 0.15) is 0 Å². The molecule has 65 heavy (non-hydrogen) atoms. The van der Waals surface area contributed by atoms with Gasteiger partial charge in [0.25, 0.3) is 0 Å². The fourth-order valence-corrected chi connectivity index (χ4v) is 0. The minimum absolute atomic E-state index is 0. The molecule has 0 aromatic heterocycles. The molecule has 0 amide bonds. The molecule has 56 nitrogen and oxygen atoms in total. The molecule has 0 aliphatic heterocycles. The van der Waals surface area contributed by atoms with Crippen LogP contribution in [0.2, 0.25) is 0 Å². The van der Waals surface area contributed by atoms with E-state index in [0.29, 0.717) is 0 Å². The van der Waals surface area contributed by atoms with Gasteiger partial charge in [-0.1, -0.05) is 0 Å². The molecule has 0 heterocycles. The molecule has 449 valence electrons. The molecule has 0 atom stereocenters. The van der Waals surface area contributed by atoms with E-state index >= 15 is 0 Å². The predicted octanol–water partition coefficient (Wildman–Crippen LogP) is -43.2. The molecule has 0 saturated carbocycles. The smallest absolute Gasteiger partial charge is 0.412 e. The average molecular weight is 1090 g/mol. The van der Waals surface area contributed by atoms with Crippen LogP contribution in [0, 0.1) is 0 Å². The Morgan fingerprint density at radius 1 is 0.0923 bits per heavy atom. The van der Waals surface area contributed by atoms with Crippen molar-refractivity contribution in [3.63, 3.8) is 0 Å². The Morgan fingerprint density at radius 2 is 0.0923 bits per heavy atom. The van der Waals surface area contributed by atoms with Crippen molar-refractivity contribution in [2.75, 3.05) is 0 Å². The zero-order valence-electron chi connectivity index (χ0n) is 32.4.